The van der Waals surface area contributed by atoms with Crippen molar-refractivity contribution in [1.82, 2.24) is 0 Å². The van der Waals surface area contributed by atoms with Gasteiger partial charge in [0.05, 0.1) is 0 Å². The fraction of sp³-hybridized carbons (Fsp3) is 0.429. The molecule has 0 N–H and O–H groups in total. The molecule has 9 heavy (non-hydrogen) atoms. The van der Waals surface area contributed by atoms with Gasteiger partial charge >= 0.3 is 0 Å². The van der Waals surface area contributed by atoms with E-state index in [1.54, 1.807) is 6.08 Å². The highest BCUT2D eigenvalue weighted by Crippen LogP contribution is 2.07. The Bertz CT molecular complexity index is 110. The van der Waals surface area contributed by atoms with Crippen LogP contribution in [-0.4, -0.2) is 0 Å². The Morgan fingerprint density at radius 1 is 1.22 bits per heavy atom. The van der Waals surface area contributed by atoms with Gasteiger partial charge in [-0.1, -0.05) is 40.9 Å². The smallest absolute Gasteiger partial charge is 0.0820 e. The average Bonchev–Trinajstić information content (AvgIpc) is 1.63. The molecule has 0 spiro atoms. The molecule has 0 fully saturated rings. The summed E-state index contributed by atoms with van der Waals surface area (Å²) in [4.78, 5) is 0. The summed E-state index contributed by atoms with van der Waals surface area (Å²) in [6, 6.07) is 0. The second-order valence-corrected chi connectivity index (χ2v) is 3.02. The lowest BCUT2D eigenvalue weighted by molar-refractivity contribution is 1.28. The summed E-state index contributed by atoms with van der Waals surface area (Å²) in [7, 11) is 0. The minimum absolute atomic E-state index is 0.340. The van der Waals surface area contributed by atoms with Crippen molar-refractivity contribution < 1.29 is 0 Å². The maximum absolute atomic E-state index is 5.36. The maximum Gasteiger partial charge on any atom is 0.103 e. The third-order valence-electron chi connectivity index (χ3n) is 0.798. The molecule has 0 heterocycles. The van der Waals surface area contributed by atoms with Gasteiger partial charge in [0, 0.05) is 0 Å². The molecule has 0 aromatic rings. The first-order chi connectivity index (χ1) is 4.13. The van der Waals surface area contributed by atoms with Crippen molar-refractivity contribution in [3.63, 3.8) is 0 Å². The van der Waals surface area contributed by atoms with Crippen molar-refractivity contribution >= 4 is 23.2 Å². The quantitative estimate of drug-likeness (QED) is 0.547. The third kappa shape index (κ3) is 8.06. The van der Waals surface area contributed by atoms with Crippen LogP contribution in [-0.2, 0) is 0 Å². The number of halogens is 2. The van der Waals surface area contributed by atoms with Crippen LogP contribution < -0.4 is 0 Å². The molecular formula is C7H10Cl2. The summed E-state index contributed by atoms with van der Waals surface area (Å²) in [6.45, 7) is 4.08. The molecule has 0 aliphatic rings. The van der Waals surface area contributed by atoms with E-state index in [1.165, 1.54) is 5.57 Å². The Labute approximate surface area is 66.2 Å². The molecule has 0 rings (SSSR count). The molecule has 0 nitrogen and oxygen atoms in total. The first-order valence-electron chi connectivity index (χ1n) is 2.77. The highest BCUT2D eigenvalue weighted by molar-refractivity contribution is 6.55. The summed E-state index contributed by atoms with van der Waals surface area (Å²) >= 11 is 10.7. The van der Waals surface area contributed by atoms with Crippen molar-refractivity contribution in [1.29, 1.82) is 0 Å². The molecule has 0 saturated carbocycles. The van der Waals surface area contributed by atoms with Crippen LogP contribution in [0.25, 0.3) is 0 Å². The van der Waals surface area contributed by atoms with Crippen molar-refractivity contribution in [3.05, 3.63) is 22.2 Å². The van der Waals surface area contributed by atoms with Crippen LogP contribution in [0, 0.1) is 0 Å². The number of hydrogen-bond donors (Lipinski definition) is 0. The molecule has 0 aliphatic carbocycles. The molecule has 0 amide bonds. The second-order valence-electron chi connectivity index (χ2n) is 2.01. The van der Waals surface area contributed by atoms with E-state index in [0.717, 1.165) is 6.42 Å². The fourth-order valence-corrected chi connectivity index (χ4v) is 0.562. The summed E-state index contributed by atoms with van der Waals surface area (Å²) in [6.07, 6.45) is 4.64. The first-order valence-corrected chi connectivity index (χ1v) is 3.53. The van der Waals surface area contributed by atoms with E-state index in [-0.39, 0.29) is 0 Å². The van der Waals surface area contributed by atoms with E-state index in [0.29, 0.717) is 4.49 Å². The van der Waals surface area contributed by atoms with Crippen molar-refractivity contribution in [2.24, 2.45) is 0 Å². The summed E-state index contributed by atoms with van der Waals surface area (Å²) < 4.78 is 0.340. The molecule has 0 atom stereocenters. The molecule has 2 heteroatoms. The Kier molecular flexibility index (Phi) is 4.93. The van der Waals surface area contributed by atoms with Crippen LogP contribution in [0.1, 0.15) is 20.3 Å². The minimum Gasteiger partial charge on any atom is -0.0820 e. The molecular weight excluding hydrogens is 155 g/mol. The van der Waals surface area contributed by atoms with Crippen molar-refractivity contribution in [2.75, 3.05) is 0 Å². The molecule has 0 unspecified atom stereocenters. The Morgan fingerprint density at radius 3 is 2.11 bits per heavy atom. The van der Waals surface area contributed by atoms with Crippen LogP contribution in [0.4, 0.5) is 0 Å². The van der Waals surface area contributed by atoms with E-state index in [1.807, 2.05) is 13.8 Å². The summed E-state index contributed by atoms with van der Waals surface area (Å²) in [5.74, 6) is 0. The molecule has 52 valence electrons. The molecule has 0 aromatic heterocycles. The lowest BCUT2D eigenvalue weighted by atomic mass is 10.3. The highest BCUT2D eigenvalue weighted by atomic mass is 35.5. The SMILES string of the molecule is CC(C)=CCC=C(Cl)Cl. The van der Waals surface area contributed by atoms with Gasteiger partial charge in [0.1, 0.15) is 4.49 Å². The molecule has 0 saturated heterocycles. The standard InChI is InChI=1S/C7H10Cl2/c1-6(2)4-3-5-7(8)9/h4-5H,3H2,1-2H3. The molecule has 0 aliphatic heterocycles. The molecule has 0 bridgehead atoms. The number of allylic oxidation sites excluding steroid dienone is 3. The van der Waals surface area contributed by atoms with Gasteiger partial charge in [-0.2, -0.15) is 0 Å². The lowest BCUT2D eigenvalue weighted by Gasteiger charge is -1.85. The van der Waals surface area contributed by atoms with Crippen LogP contribution in [0.3, 0.4) is 0 Å². The third-order valence-corrected chi connectivity index (χ3v) is 1.11. The van der Waals surface area contributed by atoms with E-state index in [4.69, 9.17) is 23.2 Å². The van der Waals surface area contributed by atoms with Gasteiger partial charge in [-0.25, -0.2) is 0 Å². The zero-order valence-electron chi connectivity index (χ0n) is 5.62. The van der Waals surface area contributed by atoms with E-state index >= 15 is 0 Å². The second kappa shape index (κ2) is 4.89. The maximum atomic E-state index is 5.36. The van der Waals surface area contributed by atoms with E-state index in [2.05, 4.69) is 6.08 Å². The predicted octanol–water partition coefficient (Wildman–Crippen LogP) is 3.66. The van der Waals surface area contributed by atoms with Crippen LogP contribution in [0.5, 0.6) is 0 Å². The predicted molar refractivity (Wildman–Crippen MR) is 43.8 cm³/mol. The van der Waals surface area contributed by atoms with Gasteiger partial charge in [-0.15, -0.1) is 0 Å². The van der Waals surface area contributed by atoms with Gasteiger partial charge in [0.2, 0.25) is 0 Å². The zero-order valence-corrected chi connectivity index (χ0v) is 7.13. The van der Waals surface area contributed by atoms with E-state index in [9.17, 15) is 0 Å². The fourth-order valence-electron chi connectivity index (χ4n) is 0.384. The van der Waals surface area contributed by atoms with Gasteiger partial charge in [-0.3, -0.25) is 0 Å². The Morgan fingerprint density at radius 2 is 1.78 bits per heavy atom. The zero-order chi connectivity index (χ0) is 7.28. The first kappa shape index (κ1) is 9.06. The summed E-state index contributed by atoms with van der Waals surface area (Å²) in [5.41, 5.74) is 1.28. The lowest BCUT2D eigenvalue weighted by Crippen LogP contribution is -1.63. The largest absolute Gasteiger partial charge is 0.103 e. The van der Waals surface area contributed by atoms with Gasteiger partial charge in [0.15, 0.2) is 0 Å². The van der Waals surface area contributed by atoms with E-state index < -0.39 is 0 Å². The topological polar surface area (TPSA) is 0 Å². The highest BCUT2D eigenvalue weighted by Gasteiger charge is 1.79. The van der Waals surface area contributed by atoms with Crippen molar-refractivity contribution in [2.45, 2.75) is 20.3 Å². The summed E-state index contributed by atoms with van der Waals surface area (Å²) in [5, 5.41) is 0. The molecule has 0 aromatic carbocycles. The molecule has 0 radical (unpaired) electrons. The Balaban J connectivity index is 3.53. The normalized spacial score (nSPS) is 8.44. The monoisotopic (exact) mass is 164 g/mol. The minimum atomic E-state index is 0.340. The van der Waals surface area contributed by atoms with Crippen LogP contribution in [0.15, 0.2) is 22.2 Å². The van der Waals surface area contributed by atoms with Crippen LogP contribution >= 0.6 is 23.2 Å². The average molecular weight is 165 g/mol. The Hall–Kier alpha value is 0.0600. The van der Waals surface area contributed by atoms with Gasteiger partial charge in [0.25, 0.3) is 0 Å². The van der Waals surface area contributed by atoms with Crippen molar-refractivity contribution in [3.8, 4) is 0 Å². The van der Waals surface area contributed by atoms with Gasteiger partial charge < -0.3 is 0 Å². The van der Waals surface area contributed by atoms with Crippen LogP contribution in [0.2, 0.25) is 0 Å². The number of rotatable bonds is 2. The van der Waals surface area contributed by atoms with Gasteiger partial charge in [-0.05, 0) is 20.3 Å². The number of hydrogen-bond acceptors (Lipinski definition) is 0.